The van der Waals surface area contributed by atoms with Crippen molar-refractivity contribution in [1.82, 2.24) is 20.2 Å². The third-order valence-electron chi connectivity index (χ3n) is 3.24. The number of nitrogens with one attached hydrogen (secondary N) is 1. The summed E-state index contributed by atoms with van der Waals surface area (Å²) in [4.78, 5) is 12.2. The van der Waals surface area contributed by atoms with Gasteiger partial charge in [-0.2, -0.15) is 0 Å². The number of carbonyl (C=O) groups is 1. The molecule has 7 nitrogen and oxygen atoms in total. The van der Waals surface area contributed by atoms with E-state index in [2.05, 4.69) is 20.8 Å². The van der Waals surface area contributed by atoms with E-state index >= 15 is 0 Å². The number of rotatable bonds is 4. The Morgan fingerprint density at radius 3 is 2.73 bits per heavy atom. The molecule has 1 amide bonds. The number of benzene rings is 1. The molecule has 2 heterocycles. The van der Waals surface area contributed by atoms with Crippen LogP contribution in [0.3, 0.4) is 0 Å². The molecule has 0 bridgehead atoms. The van der Waals surface area contributed by atoms with Crippen LogP contribution in [-0.4, -0.2) is 26.1 Å². The van der Waals surface area contributed by atoms with Gasteiger partial charge < -0.3 is 9.84 Å². The standard InChI is InChI=1S/C15H15N5O2/c1-10-8-13(18-22-10)16-15(21)14-11(2)20(19-17-14)9-12-6-4-3-5-7-12/h3-8H,9H2,1-2H3,(H,16,18,21). The minimum absolute atomic E-state index is 0.275. The molecule has 0 aliphatic carbocycles. The molecule has 0 atom stereocenters. The van der Waals surface area contributed by atoms with Crippen molar-refractivity contribution in [2.75, 3.05) is 5.32 Å². The number of aryl methyl sites for hydroxylation is 1. The first-order valence-electron chi connectivity index (χ1n) is 6.82. The van der Waals surface area contributed by atoms with Crippen LogP contribution < -0.4 is 5.32 Å². The zero-order valence-corrected chi connectivity index (χ0v) is 12.3. The Labute approximate surface area is 126 Å². The maximum atomic E-state index is 12.2. The van der Waals surface area contributed by atoms with Gasteiger partial charge in [-0.05, 0) is 19.4 Å². The Morgan fingerprint density at radius 1 is 1.27 bits per heavy atom. The molecule has 0 radical (unpaired) electrons. The average Bonchev–Trinajstić information content (AvgIpc) is 3.07. The summed E-state index contributed by atoms with van der Waals surface area (Å²) in [5.41, 5.74) is 2.06. The molecule has 22 heavy (non-hydrogen) atoms. The van der Waals surface area contributed by atoms with Crippen LogP contribution in [0.4, 0.5) is 5.82 Å². The lowest BCUT2D eigenvalue weighted by atomic mass is 10.2. The Kier molecular flexibility index (Phi) is 3.69. The summed E-state index contributed by atoms with van der Waals surface area (Å²) >= 11 is 0. The molecule has 0 saturated heterocycles. The molecular formula is C15H15N5O2. The highest BCUT2D eigenvalue weighted by atomic mass is 16.5. The molecule has 0 unspecified atom stereocenters. The number of nitrogens with zero attached hydrogens (tertiary/aromatic N) is 4. The van der Waals surface area contributed by atoms with E-state index in [1.165, 1.54) is 0 Å². The van der Waals surface area contributed by atoms with Gasteiger partial charge in [0.1, 0.15) is 5.76 Å². The van der Waals surface area contributed by atoms with Crippen molar-refractivity contribution in [1.29, 1.82) is 0 Å². The molecule has 1 N–H and O–H groups in total. The van der Waals surface area contributed by atoms with E-state index in [1.54, 1.807) is 17.7 Å². The van der Waals surface area contributed by atoms with Crippen LogP contribution in [-0.2, 0) is 6.54 Å². The van der Waals surface area contributed by atoms with E-state index in [1.807, 2.05) is 37.3 Å². The molecule has 112 valence electrons. The van der Waals surface area contributed by atoms with Gasteiger partial charge in [-0.1, -0.05) is 40.7 Å². The quantitative estimate of drug-likeness (QED) is 0.797. The number of amides is 1. The van der Waals surface area contributed by atoms with E-state index in [-0.39, 0.29) is 11.6 Å². The first-order valence-corrected chi connectivity index (χ1v) is 6.82. The highest BCUT2D eigenvalue weighted by Crippen LogP contribution is 2.12. The van der Waals surface area contributed by atoms with Crippen molar-refractivity contribution in [3.63, 3.8) is 0 Å². The van der Waals surface area contributed by atoms with E-state index in [0.717, 1.165) is 5.56 Å². The zero-order valence-electron chi connectivity index (χ0n) is 12.3. The lowest BCUT2D eigenvalue weighted by Gasteiger charge is -2.03. The topological polar surface area (TPSA) is 85.8 Å². The molecule has 3 aromatic rings. The van der Waals surface area contributed by atoms with Crippen molar-refractivity contribution < 1.29 is 9.32 Å². The average molecular weight is 297 g/mol. The Hall–Kier alpha value is -2.96. The van der Waals surface area contributed by atoms with Crippen LogP contribution in [0.1, 0.15) is 27.5 Å². The minimum atomic E-state index is -0.356. The first kappa shape index (κ1) is 14.0. The van der Waals surface area contributed by atoms with Gasteiger partial charge in [0.2, 0.25) is 0 Å². The normalized spacial score (nSPS) is 10.6. The maximum Gasteiger partial charge on any atom is 0.279 e. The number of hydrogen-bond donors (Lipinski definition) is 1. The molecule has 2 aromatic heterocycles. The lowest BCUT2D eigenvalue weighted by molar-refractivity contribution is 0.102. The van der Waals surface area contributed by atoms with Crippen molar-refractivity contribution in [2.45, 2.75) is 20.4 Å². The van der Waals surface area contributed by atoms with Crippen molar-refractivity contribution in [2.24, 2.45) is 0 Å². The molecule has 0 aliphatic heterocycles. The summed E-state index contributed by atoms with van der Waals surface area (Å²) in [5.74, 6) is 0.629. The largest absolute Gasteiger partial charge is 0.360 e. The van der Waals surface area contributed by atoms with Gasteiger partial charge in [0.05, 0.1) is 12.2 Å². The Morgan fingerprint density at radius 2 is 2.05 bits per heavy atom. The number of aromatic nitrogens is 4. The zero-order chi connectivity index (χ0) is 15.5. The van der Waals surface area contributed by atoms with E-state index in [0.29, 0.717) is 23.8 Å². The van der Waals surface area contributed by atoms with Crippen LogP contribution in [0, 0.1) is 13.8 Å². The highest BCUT2D eigenvalue weighted by Gasteiger charge is 2.17. The monoisotopic (exact) mass is 297 g/mol. The molecule has 0 spiro atoms. The van der Waals surface area contributed by atoms with Gasteiger partial charge in [-0.3, -0.25) is 4.79 Å². The number of hydrogen-bond acceptors (Lipinski definition) is 5. The molecule has 3 rings (SSSR count). The minimum Gasteiger partial charge on any atom is -0.360 e. The Bertz CT molecular complexity index is 791. The fourth-order valence-corrected chi connectivity index (χ4v) is 2.08. The summed E-state index contributed by atoms with van der Waals surface area (Å²) in [6.07, 6.45) is 0. The lowest BCUT2D eigenvalue weighted by Crippen LogP contribution is -2.14. The van der Waals surface area contributed by atoms with Crippen molar-refractivity contribution in [3.8, 4) is 0 Å². The fourth-order valence-electron chi connectivity index (χ4n) is 2.08. The summed E-state index contributed by atoms with van der Waals surface area (Å²) in [7, 11) is 0. The third kappa shape index (κ3) is 2.88. The molecule has 0 fully saturated rings. The van der Waals surface area contributed by atoms with Gasteiger partial charge >= 0.3 is 0 Å². The van der Waals surface area contributed by atoms with Crippen LogP contribution in [0.2, 0.25) is 0 Å². The Balaban J connectivity index is 1.76. The second kappa shape index (κ2) is 5.80. The maximum absolute atomic E-state index is 12.2. The molecule has 7 heteroatoms. The predicted octanol–water partition coefficient (Wildman–Crippen LogP) is 2.18. The van der Waals surface area contributed by atoms with Gasteiger partial charge in [0.15, 0.2) is 11.5 Å². The fraction of sp³-hybridized carbons (Fsp3) is 0.200. The first-order chi connectivity index (χ1) is 10.6. The third-order valence-corrected chi connectivity index (χ3v) is 3.24. The summed E-state index contributed by atoms with van der Waals surface area (Å²) < 4.78 is 6.60. The molecule has 1 aromatic carbocycles. The number of carbonyl (C=O) groups excluding carboxylic acids is 1. The summed E-state index contributed by atoms with van der Waals surface area (Å²) in [5, 5.41) is 14.4. The second-order valence-corrected chi connectivity index (χ2v) is 4.94. The van der Waals surface area contributed by atoms with Gasteiger partial charge in [0.25, 0.3) is 5.91 Å². The van der Waals surface area contributed by atoms with Crippen molar-refractivity contribution in [3.05, 3.63) is 59.1 Å². The van der Waals surface area contributed by atoms with Crippen molar-refractivity contribution >= 4 is 11.7 Å². The summed E-state index contributed by atoms with van der Waals surface area (Å²) in [6.45, 7) is 4.13. The second-order valence-electron chi connectivity index (χ2n) is 4.94. The van der Waals surface area contributed by atoms with Gasteiger partial charge in [-0.15, -0.1) is 5.10 Å². The van der Waals surface area contributed by atoms with Crippen LogP contribution >= 0.6 is 0 Å². The molecule has 0 saturated carbocycles. The van der Waals surface area contributed by atoms with E-state index < -0.39 is 0 Å². The van der Waals surface area contributed by atoms with E-state index in [4.69, 9.17) is 4.52 Å². The number of anilines is 1. The molecule has 0 aliphatic rings. The van der Waals surface area contributed by atoms with Crippen LogP contribution in [0.25, 0.3) is 0 Å². The smallest absolute Gasteiger partial charge is 0.279 e. The SMILES string of the molecule is Cc1cc(NC(=O)c2nnn(Cc3ccccc3)c2C)no1. The summed E-state index contributed by atoms with van der Waals surface area (Å²) in [6, 6.07) is 11.5. The molecular weight excluding hydrogens is 282 g/mol. The predicted molar refractivity (Wildman–Crippen MR) is 79.5 cm³/mol. The van der Waals surface area contributed by atoms with E-state index in [9.17, 15) is 4.79 Å². The van der Waals surface area contributed by atoms with Gasteiger partial charge in [-0.25, -0.2) is 4.68 Å². The highest BCUT2D eigenvalue weighted by molar-refractivity contribution is 6.02. The van der Waals surface area contributed by atoms with Crippen LogP contribution in [0.5, 0.6) is 0 Å². The van der Waals surface area contributed by atoms with Gasteiger partial charge in [0, 0.05) is 6.07 Å². The van der Waals surface area contributed by atoms with Crippen LogP contribution in [0.15, 0.2) is 40.9 Å².